The van der Waals surface area contributed by atoms with Gasteiger partial charge in [0, 0.05) is 34.4 Å². The number of aromatic nitrogens is 3. The Kier molecular flexibility index (Phi) is 5.93. The number of halogens is 1. The number of nitrogens with zero attached hydrogens (tertiary/aromatic N) is 4. The molecule has 1 aliphatic carbocycles. The zero-order valence-electron chi connectivity index (χ0n) is 17.3. The number of hydrogen-bond donors (Lipinski definition) is 0. The summed E-state index contributed by atoms with van der Waals surface area (Å²) in [5, 5.41) is 3.67. The third-order valence-corrected chi connectivity index (χ3v) is 8.27. The molecule has 160 valence electrons. The highest BCUT2D eigenvalue weighted by Crippen LogP contribution is 2.35. The first-order valence-electron chi connectivity index (χ1n) is 10.4. The molecule has 1 atom stereocenters. The van der Waals surface area contributed by atoms with E-state index >= 15 is 0 Å². The largest absolute Gasteiger partial charge is 0.298 e. The van der Waals surface area contributed by atoms with Crippen LogP contribution < -0.4 is 5.56 Å². The molecular formula is C23H23ClN4OS2. The van der Waals surface area contributed by atoms with E-state index in [0.29, 0.717) is 19.0 Å². The van der Waals surface area contributed by atoms with Crippen LogP contribution in [-0.2, 0) is 32.4 Å². The summed E-state index contributed by atoms with van der Waals surface area (Å²) in [6.45, 7) is 1.44. The minimum atomic E-state index is 0.0730. The van der Waals surface area contributed by atoms with Crippen LogP contribution in [-0.4, -0.2) is 32.5 Å². The van der Waals surface area contributed by atoms with Crippen molar-refractivity contribution in [2.45, 2.75) is 44.8 Å². The summed E-state index contributed by atoms with van der Waals surface area (Å²) in [5.41, 5.74) is 5.34. The van der Waals surface area contributed by atoms with E-state index in [4.69, 9.17) is 11.6 Å². The van der Waals surface area contributed by atoms with Crippen molar-refractivity contribution >= 4 is 44.5 Å². The topological polar surface area (TPSA) is 51.0 Å². The van der Waals surface area contributed by atoms with E-state index in [1.165, 1.54) is 10.4 Å². The van der Waals surface area contributed by atoms with Gasteiger partial charge in [-0.15, -0.1) is 22.7 Å². The van der Waals surface area contributed by atoms with Gasteiger partial charge in [0.25, 0.3) is 5.56 Å². The molecule has 0 radical (unpaired) electrons. The van der Waals surface area contributed by atoms with Crippen LogP contribution in [0.3, 0.4) is 0 Å². The van der Waals surface area contributed by atoms with Gasteiger partial charge in [0.05, 0.1) is 22.9 Å². The number of fused-ring (bicyclic) bond motifs is 3. The average molecular weight is 471 g/mol. The van der Waals surface area contributed by atoms with Gasteiger partial charge in [0.2, 0.25) is 0 Å². The van der Waals surface area contributed by atoms with Gasteiger partial charge in [-0.3, -0.25) is 14.3 Å². The molecule has 0 spiro atoms. The van der Waals surface area contributed by atoms with Gasteiger partial charge in [0.1, 0.15) is 4.83 Å². The van der Waals surface area contributed by atoms with E-state index in [-0.39, 0.29) is 5.56 Å². The zero-order chi connectivity index (χ0) is 21.4. The van der Waals surface area contributed by atoms with Crippen molar-refractivity contribution in [3.05, 3.63) is 78.6 Å². The van der Waals surface area contributed by atoms with Gasteiger partial charge in [-0.25, -0.2) is 9.97 Å². The quantitative estimate of drug-likeness (QED) is 0.406. The molecule has 5 nitrogen and oxygen atoms in total. The Morgan fingerprint density at radius 3 is 2.97 bits per heavy atom. The fourth-order valence-electron chi connectivity index (χ4n) is 4.36. The lowest BCUT2D eigenvalue weighted by atomic mass is 9.92. The SMILES string of the molecule is CN(Cc1cscn1)[C@H]1CCc2c(sc3ncn(CCc4ccccc4Cl)c(=O)c23)C1. The highest BCUT2D eigenvalue weighted by molar-refractivity contribution is 7.18. The van der Waals surface area contributed by atoms with Crippen molar-refractivity contribution < 1.29 is 0 Å². The van der Waals surface area contributed by atoms with Gasteiger partial charge in [-0.1, -0.05) is 29.8 Å². The Labute approximate surface area is 194 Å². The molecule has 3 heterocycles. The fourth-order valence-corrected chi connectivity index (χ4v) is 6.39. The van der Waals surface area contributed by atoms with Crippen LogP contribution in [0.4, 0.5) is 0 Å². The van der Waals surface area contributed by atoms with Crippen molar-refractivity contribution in [3.8, 4) is 0 Å². The Balaban J connectivity index is 1.37. The summed E-state index contributed by atoms with van der Waals surface area (Å²) in [6, 6.07) is 8.25. The molecule has 0 amide bonds. The molecule has 1 aromatic carbocycles. The van der Waals surface area contributed by atoms with Crippen molar-refractivity contribution in [3.63, 3.8) is 0 Å². The molecule has 31 heavy (non-hydrogen) atoms. The number of thiophene rings is 1. The van der Waals surface area contributed by atoms with Crippen LogP contribution in [0, 0.1) is 0 Å². The molecule has 3 aromatic heterocycles. The number of benzene rings is 1. The lowest BCUT2D eigenvalue weighted by Gasteiger charge is -2.30. The molecule has 0 saturated heterocycles. The van der Waals surface area contributed by atoms with Crippen LogP contribution in [0.25, 0.3) is 10.2 Å². The number of rotatable bonds is 6. The normalized spacial score (nSPS) is 16.2. The second kappa shape index (κ2) is 8.82. The summed E-state index contributed by atoms with van der Waals surface area (Å²) >= 11 is 9.60. The molecule has 0 fully saturated rings. The monoisotopic (exact) mass is 470 g/mol. The van der Waals surface area contributed by atoms with Crippen LogP contribution in [0.15, 0.2) is 46.3 Å². The van der Waals surface area contributed by atoms with Crippen molar-refractivity contribution in [2.75, 3.05) is 7.05 Å². The van der Waals surface area contributed by atoms with Crippen molar-refractivity contribution in [1.82, 2.24) is 19.4 Å². The molecular weight excluding hydrogens is 448 g/mol. The summed E-state index contributed by atoms with van der Waals surface area (Å²) in [5.74, 6) is 0. The van der Waals surface area contributed by atoms with E-state index in [9.17, 15) is 4.79 Å². The third-order valence-electron chi connectivity index (χ3n) is 6.11. The molecule has 0 aliphatic heterocycles. The van der Waals surface area contributed by atoms with Gasteiger partial charge in [-0.2, -0.15) is 0 Å². The number of aryl methyl sites for hydroxylation is 3. The number of thiazole rings is 1. The van der Waals surface area contributed by atoms with E-state index in [1.807, 2.05) is 29.8 Å². The molecule has 0 N–H and O–H groups in total. The first kappa shape index (κ1) is 20.8. The third kappa shape index (κ3) is 4.20. The fraction of sp³-hybridized carbons (Fsp3) is 0.348. The molecule has 5 rings (SSSR count). The average Bonchev–Trinajstić information content (AvgIpc) is 3.41. The van der Waals surface area contributed by atoms with Crippen LogP contribution >= 0.6 is 34.3 Å². The van der Waals surface area contributed by atoms with Gasteiger partial charge in [0.15, 0.2) is 0 Å². The highest BCUT2D eigenvalue weighted by Gasteiger charge is 2.27. The second-order valence-electron chi connectivity index (χ2n) is 8.06. The summed E-state index contributed by atoms with van der Waals surface area (Å²) in [4.78, 5) is 26.9. The van der Waals surface area contributed by atoms with Crippen molar-refractivity contribution in [2.24, 2.45) is 0 Å². The van der Waals surface area contributed by atoms with E-state index < -0.39 is 0 Å². The van der Waals surface area contributed by atoms with Gasteiger partial charge < -0.3 is 0 Å². The maximum Gasteiger partial charge on any atom is 0.262 e. The number of hydrogen-bond acceptors (Lipinski definition) is 6. The van der Waals surface area contributed by atoms with Crippen LogP contribution in [0.1, 0.15) is 28.1 Å². The summed E-state index contributed by atoms with van der Waals surface area (Å²) in [6.07, 6.45) is 5.34. The van der Waals surface area contributed by atoms with Crippen molar-refractivity contribution in [1.29, 1.82) is 0 Å². The highest BCUT2D eigenvalue weighted by atomic mass is 35.5. The van der Waals surface area contributed by atoms with E-state index in [0.717, 1.165) is 52.3 Å². The predicted octanol–water partition coefficient (Wildman–Crippen LogP) is 4.80. The number of likely N-dealkylation sites (N-methyl/N-ethyl adjacent to an activating group) is 1. The first-order chi connectivity index (χ1) is 15.1. The zero-order valence-corrected chi connectivity index (χ0v) is 19.6. The summed E-state index contributed by atoms with van der Waals surface area (Å²) in [7, 11) is 2.17. The van der Waals surface area contributed by atoms with Crippen LogP contribution in [0.2, 0.25) is 5.02 Å². The van der Waals surface area contributed by atoms with E-state index in [2.05, 4.69) is 27.3 Å². The molecule has 0 bridgehead atoms. The van der Waals surface area contributed by atoms with Gasteiger partial charge >= 0.3 is 0 Å². The molecule has 0 saturated carbocycles. The second-order valence-corrected chi connectivity index (χ2v) is 10.3. The molecule has 8 heteroatoms. The Morgan fingerprint density at radius 1 is 1.29 bits per heavy atom. The predicted molar refractivity (Wildman–Crippen MR) is 128 cm³/mol. The van der Waals surface area contributed by atoms with E-state index in [1.54, 1.807) is 33.6 Å². The standard InChI is InChI=1S/C23H23ClN4OS2/c1-27(11-16-12-30-14-26-16)17-6-7-18-20(10-17)31-22-21(18)23(29)28(13-25-22)9-8-15-4-2-3-5-19(15)24/h2-5,12-14,17H,6-11H2,1H3/t17-/m0/s1. The van der Waals surface area contributed by atoms with Crippen LogP contribution in [0.5, 0.6) is 0 Å². The van der Waals surface area contributed by atoms with Gasteiger partial charge in [-0.05, 0) is 49.9 Å². The Bertz CT molecular complexity index is 1260. The Hall–Kier alpha value is -2.06. The first-order valence-corrected chi connectivity index (χ1v) is 12.5. The molecule has 4 aromatic rings. The minimum Gasteiger partial charge on any atom is -0.298 e. The molecule has 1 aliphatic rings. The minimum absolute atomic E-state index is 0.0730. The molecule has 0 unspecified atom stereocenters. The Morgan fingerprint density at radius 2 is 2.16 bits per heavy atom. The maximum atomic E-state index is 13.3. The maximum absolute atomic E-state index is 13.3. The lowest BCUT2D eigenvalue weighted by Crippen LogP contribution is -2.35. The smallest absolute Gasteiger partial charge is 0.262 e. The lowest BCUT2D eigenvalue weighted by molar-refractivity contribution is 0.213. The summed E-state index contributed by atoms with van der Waals surface area (Å²) < 4.78 is 1.74.